The Hall–Kier alpha value is -2.08. The SMILES string of the molecule is COC(=O)c1ccc(C(=O)NC2CC(C)(C)NC(C)(C)C2)cc1N. The van der Waals surface area contributed by atoms with Crippen LogP contribution in [-0.2, 0) is 4.74 Å². The Balaban J connectivity index is 2.12. The number of ether oxygens (including phenoxy) is 1. The molecule has 0 spiro atoms. The Morgan fingerprint density at radius 1 is 1.21 bits per heavy atom. The average molecular weight is 333 g/mol. The highest BCUT2D eigenvalue weighted by molar-refractivity contribution is 6.00. The second-order valence-electron chi connectivity index (χ2n) is 7.77. The Bertz CT molecular complexity index is 637. The summed E-state index contributed by atoms with van der Waals surface area (Å²) in [6.07, 6.45) is 1.69. The standard InChI is InChI=1S/C18H27N3O3/c1-17(2)9-12(10-18(3,4)21-17)20-15(22)11-6-7-13(14(19)8-11)16(23)24-5/h6-8,12,21H,9-10,19H2,1-5H3,(H,20,22). The maximum Gasteiger partial charge on any atom is 0.339 e. The molecule has 1 fully saturated rings. The van der Waals surface area contributed by atoms with Crippen LogP contribution in [0.4, 0.5) is 5.69 Å². The number of nitrogens with one attached hydrogen (secondary N) is 2. The average Bonchev–Trinajstić information content (AvgIpc) is 2.42. The van der Waals surface area contributed by atoms with Crippen LogP contribution >= 0.6 is 0 Å². The van der Waals surface area contributed by atoms with Crippen molar-refractivity contribution in [2.75, 3.05) is 12.8 Å². The lowest BCUT2D eigenvalue weighted by atomic mass is 9.79. The number of piperidine rings is 1. The first kappa shape index (κ1) is 18.3. The number of benzene rings is 1. The molecule has 0 bridgehead atoms. The van der Waals surface area contributed by atoms with Gasteiger partial charge in [0.1, 0.15) is 0 Å². The molecule has 1 aliphatic rings. The highest BCUT2D eigenvalue weighted by Gasteiger charge is 2.38. The third kappa shape index (κ3) is 4.26. The van der Waals surface area contributed by atoms with E-state index in [4.69, 9.17) is 5.73 Å². The van der Waals surface area contributed by atoms with Crippen LogP contribution in [0.25, 0.3) is 0 Å². The predicted molar refractivity (Wildman–Crippen MR) is 94.0 cm³/mol. The zero-order valence-corrected chi connectivity index (χ0v) is 15.0. The molecule has 0 saturated carbocycles. The van der Waals surface area contributed by atoms with Crippen LogP contribution in [0.2, 0.25) is 0 Å². The molecule has 1 aromatic rings. The van der Waals surface area contributed by atoms with Crippen LogP contribution in [0, 0.1) is 0 Å². The molecular formula is C18H27N3O3. The van der Waals surface area contributed by atoms with Crippen molar-refractivity contribution in [2.45, 2.75) is 57.7 Å². The van der Waals surface area contributed by atoms with Crippen LogP contribution < -0.4 is 16.4 Å². The topological polar surface area (TPSA) is 93.5 Å². The van der Waals surface area contributed by atoms with Crippen LogP contribution in [0.1, 0.15) is 61.3 Å². The molecular weight excluding hydrogens is 306 g/mol. The zero-order valence-electron chi connectivity index (χ0n) is 15.0. The first-order valence-corrected chi connectivity index (χ1v) is 8.11. The predicted octanol–water partition coefficient (Wildman–Crippen LogP) is 2.09. The summed E-state index contributed by atoms with van der Waals surface area (Å²) in [5.74, 6) is -0.696. The summed E-state index contributed by atoms with van der Waals surface area (Å²) in [5, 5.41) is 6.67. The highest BCUT2D eigenvalue weighted by Crippen LogP contribution is 2.28. The lowest BCUT2D eigenvalue weighted by Gasteiger charge is -2.46. The number of hydrogen-bond acceptors (Lipinski definition) is 5. The van der Waals surface area contributed by atoms with Gasteiger partial charge in [-0.15, -0.1) is 0 Å². The number of anilines is 1. The molecule has 0 aliphatic carbocycles. The minimum Gasteiger partial charge on any atom is -0.465 e. The van der Waals surface area contributed by atoms with Crippen molar-refractivity contribution < 1.29 is 14.3 Å². The van der Waals surface area contributed by atoms with Crippen LogP contribution in [0.5, 0.6) is 0 Å². The van der Waals surface area contributed by atoms with Gasteiger partial charge in [0.2, 0.25) is 0 Å². The smallest absolute Gasteiger partial charge is 0.339 e. The van der Waals surface area contributed by atoms with E-state index in [1.807, 2.05) is 0 Å². The van der Waals surface area contributed by atoms with Crippen LogP contribution in [0.15, 0.2) is 18.2 Å². The Labute approximate surface area is 143 Å². The summed E-state index contributed by atoms with van der Waals surface area (Å²) in [6, 6.07) is 4.70. The molecule has 0 radical (unpaired) electrons. The van der Waals surface area contributed by atoms with E-state index in [1.54, 1.807) is 6.07 Å². The van der Waals surface area contributed by atoms with E-state index in [1.165, 1.54) is 19.2 Å². The van der Waals surface area contributed by atoms with Gasteiger partial charge in [-0.2, -0.15) is 0 Å². The van der Waals surface area contributed by atoms with Gasteiger partial charge in [0.05, 0.1) is 12.7 Å². The first-order chi connectivity index (χ1) is 11.0. The fraction of sp³-hybridized carbons (Fsp3) is 0.556. The fourth-order valence-corrected chi connectivity index (χ4v) is 3.69. The molecule has 1 heterocycles. The summed E-state index contributed by atoms with van der Waals surface area (Å²) >= 11 is 0. The Morgan fingerprint density at radius 3 is 2.29 bits per heavy atom. The third-order valence-electron chi connectivity index (χ3n) is 4.24. The minimum absolute atomic E-state index is 0.0481. The monoisotopic (exact) mass is 333 g/mol. The van der Waals surface area contributed by atoms with Gasteiger partial charge in [-0.3, -0.25) is 4.79 Å². The lowest BCUT2D eigenvalue weighted by molar-refractivity contribution is 0.0601. The van der Waals surface area contributed by atoms with E-state index >= 15 is 0 Å². The Kier molecular flexibility index (Phi) is 4.90. The van der Waals surface area contributed by atoms with Crippen molar-refractivity contribution >= 4 is 17.6 Å². The fourth-order valence-electron chi connectivity index (χ4n) is 3.69. The molecule has 1 aromatic carbocycles. The number of esters is 1. The quantitative estimate of drug-likeness (QED) is 0.582. The molecule has 132 valence electrons. The van der Waals surface area contributed by atoms with Gasteiger partial charge in [0, 0.05) is 28.4 Å². The molecule has 1 amide bonds. The van der Waals surface area contributed by atoms with E-state index in [0.717, 1.165) is 12.8 Å². The van der Waals surface area contributed by atoms with Crippen molar-refractivity contribution in [3.8, 4) is 0 Å². The van der Waals surface area contributed by atoms with Gasteiger partial charge < -0.3 is 21.1 Å². The Morgan fingerprint density at radius 2 is 1.79 bits per heavy atom. The number of amides is 1. The number of methoxy groups -OCH3 is 1. The third-order valence-corrected chi connectivity index (χ3v) is 4.24. The van der Waals surface area contributed by atoms with Crippen LogP contribution in [0.3, 0.4) is 0 Å². The van der Waals surface area contributed by atoms with Crippen molar-refractivity contribution in [2.24, 2.45) is 0 Å². The van der Waals surface area contributed by atoms with E-state index in [-0.39, 0.29) is 34.3 Å². The van der Waals surface area contributed by atoms with Gasteiger partial charge >= 0.3 is 5.97 Å². The van der Waals surface area contributed by atoms with Crippen molar-refractivity contribution in [3.63, 3.8) is 0 Å². The second-order valence-corrected chi connectivity index (χ2v) is 7.77. The summed E-state index contributed by atoms with van der Waals surface area (Å²) in [4.78, 5) is 24.1. The van der Waals surface area contributed by atoms with E-state index < -0.39 is 5.97 Å². The van der Waals surface area contributed by atoms with Crippen molar-refractivity contribution in [1.29, 1.82) is 0 Å². The molecule has 0 unspecified atom stereocenters. The molecule has 6 nitrogen and oxygen atoms in total. The summed E-state index contributed by atoms with van der Waals surface area (Å²) < 4.78 is 4.66. The van der Waals surface area contributed by atoms with Crippen molar-refractivity contribution in [3.05, 3.63) is 29.3 Å². The molecule has 2 rings (SSSR count). The van der Waals surface area contributed by atoms with Crippen molar-refractivity contribution in [1.82, 2.24) is 10.6 Å². The van der Waals surface area contributed by atoms with Gasteiger partial charge in [-0.05, 0) is 58.7 Å². The van der Waals surface area contributed by atoms with E-state index in [0.29, 0.717) is 5.56 Å². The summed E-state index contributed by atoms with van der Waals surface area (Å²) in [5.41, 5.74) is 6.71. The number of carbonyl (C=O) groups excluding carboxylic acids is 2. The molecule has 0 atom stereocenters. The lowest BCUT2D eigenvalue weighted by Crippen LogP contribution is -2.62. The number of nitrogen functional groups attached to an aromatic ring is 1. The second kappa shape index (κ2) is 6.43. The molecule has 24 heavy (non-hydrogen) atoms. The van der Waals surface area contributed by atoms with Crippen LogP contribution in [-0.4, -0.2) is 36.1 Å². The van der Waals surface area contributed by atoms with E-state index in [2.05, 4.69) is 43.1 Å². The maximum atomic E-state index is 12.5. The van der Waals surface area contributed by atoms with Gasteiger partial charge in [-0.1, -0.05) is 0 Å². The highest BCUT2D eigenvalue weighted by atomic mass is 16.5. The normalized spacial score (nSPS) is 19.5. The molecule has 4 N–H and O–H groups in total. The number of nitrogens with two attached hydrogens (primary N) is 1. The largest absolute Gasteiger partial charge is 0.465 e. The minimum atomic E-state index is -0.513. The van der Waals surface area contributed by atoms with Gasteiger partial charge in [0.15, 0.2) is 0 Å². The maximum absolute atomic E-state index is 12.5. The summed E-state index contributed by atoms with van der Waals surface area (Å²) in [7, 11) is 1.29. The number of rotatable bonds is 3. The zero-order chi connectivity index (χ0) is 18.1. The first-order valence-electron chi connectivity index (χ1n) is 8.11. The molecule has 1 saturated heterocycles. The molecule has 1 aliphatic heterocycles. The van der Waals surface area contributed by atoms with Gasteiger partial charge in [-0.25, -0.2) is 4.79 Å². The molecule has 6 heteroatoms. The number of hydrogen-bond donors (Lipinski definition) is 3. The molecule has 0 aromatic heterocycles. The number of carbonyl (C=O) groups is 2. The summed E-state index contributed by atoms with van der Waals surface area (Å²) in [6.45, 7) is 8.54. The van der Waals surface area contributed by atoms with Gasteiger partial charge in [0.25, 0.3) is 5.91 Å². The van der Waals surface area contributed by atoms with E-state index in [9.17, 15) is 9.59 Å².